The third-order valence-electron chi connectivity index (χ3n) is 4.34. The van der Waals surface area contributed by atoms with Crippen LogP contribution in [-0.4, -0.2) is 66.6 Å². The van der Waals surface area contributed by atoms with Crippen molar-refractivity contribution in [3.05, 3.63) is 0 Å². The topological polar surface area (TPSA) is 35.6 Å². The highest BCUT2D eigenvalue weighted by atomic mass is 32.2. The van der Waals surface area contributed by atoms with Crippen LogP contribution in [0, 0.1) is 0 Å². The highest BCUT2D eigenvalue weighted by Crippen LogP contribution is 2.29. The van der Waals surface area contributed by atoms with E-state index in [0.717, 1.165) is 31.2 Å². The van der Waals surface area contributed by atoms with Gasteiger partial charge in [-0.3, -0.25) is 0 Å². The molecule has 0 bridgehead atoms. The molecular formula is C14H27N3OS. The summed E-state index contributed by atoms with van der Waals surface area (Å²) in [4.78, 5) is 15.5. The van der Waals surface area contributed by atoms with E-state index >= 15 is 0 Å². The minimum atomic E-state index is 0.154. The average molecular weight is 285 g/mol. The number of carbonyl (C=O) groups excluding carboxylic acids is 1. The summed E-state index contributed by atoms with van der Waals surface area (Å²) in [5.41, 5.74) is 0. The zero-order chi connectivity index (χ0) is 13.8. The van der Waals surface area contributed by atoms with Crippen LogP contribution < -0.4 is 5.32 Å². The number of urea groups is 1. The van der Waals surface area contributed by atoms with Crippen LogP contribution in [0.25, 0.3) is 0 Å². The molecule has 110 valence electrons. The van der Waals surface area contributed by atoms with Crippen molar-refractivity contribution in [2.75, 3.05) is 33.4 Å². The molecule has 2 amide bonds. The number of rotatable bonds is 3. The molecule has 0 aromatic rings. The third kappa shape index (κ3) is 4.02. The largest absolute Gasteiger partial charge is 0.331 e. The molecule has 4 nitrogen and oxygen atoms in total. The predicted octanol–water partition coefficient (Wildman–Crippen LogP) is 2.01. The Morgan fingerprint density at radius 3 is 2.37 bits per heavy atom. The second-order valence-corrected chi connectivity index (χ2v) is 7.11. The van der Waals surface area contributed by atoms with Gasteiger partial charge in [-0.25, -0.2) is 4.79 Å². The summed E-state index contributed by atoms with van der Waals surface area (Å²) in [7, 11) is 3.65. The van der Waals surface area contributed by atoms with Gasteiger partial charge in [-0.2, -0.15) is 11.8 Å². The predicted molar refractivity (Wildman–Crippen MR) is 81.8 cm³/mol. The number of likely N-dealkylation sites (tertiary alicyclic amines) is 1. The molecule has 5 heteroatoms. The number of nitrogens with one attached hydrogen (secondary N) is 1. The van der Waals surface area contributed by atoms with Crippen molar-refractivity contribution in [3.63, 3.8) is 0 Å². The molecule has 1 aliphatic heterocycles. The molecule has 2 fully saturated rings. The van der Waals surface area contributed by atoms with Gasteiger partial charge in [-0.05, 0) is 38.4 Å². The number of hydrogen-bond donors (Lipinski definition) is 1. The van der Waals surface area contributed by atoms with Gasteiger partial charge in [-0.1, -0.05) is 0 Å². The molecule has 19 heavy (non-hydrogen) atoms. The smallest absolute Gasteiger partial charge is 0.319 e. The zero-order valence-corrected chi connectivity index (χ0v) is 13.2. The third-order valence-corrected chi connectivity index (χ3v) is 5.43. The number of amides is 2. The summed E-state index contributed by atoms with van der Waals surface area (Å²) in [6.45, 7) is 1.79. The molecule has 1 heterocycles. The van der Waals surface area contributed by atoms with Gasteiger partial charge in [0.15, 0.2) is 0 Å². The average Bonchev–Trinajstić information content (AvgIpc) is 2.86. The van der Waals surface area contributed by atoms with E-state index in [9.17, 15) is 4.79 Å². The summed E-state index contributed by atoms with van der Waals surface area (Å²) < 4.78 is 0. The first-order valence-electron chi connectivity index (χ1n) is 7.35. The first kappa shape index (κ1) is 15.0. The Balaban J connectivity index is 1.70. The van der Waals surface area contributed by atoms with Crippen LogP contribution in [0.1, 0.15) is 32.1 Å². The molecule has 1 saturated heterocycles. The normalized spacial score (nSPS) is 28.7. The van der Waals surface area contributed by atoms with Gasteiger partial charge in [0.1, 0.15) is 0 Å². The Labute approximate surface area is 121 Å². The van der Waals surface area contributed by atoms with Crippen molar-refractivity contribution < 1.29 is 4.79 Å². The van der Waals surface area contributed by atoms with Gasteiger partial charge >= 0.3 is 6.03 Å². The van der Waals surface area contributed by atoms with E-state index < -0.39 is 0 Å². The molecule has 1 saturated carbocycles. The van der Waals surface area contributed by atoms with Crippen LogP contribution in [0.4, 0.5) is 4.79 Å². The Morgan fingerprint density at radius 1 is 1.16 bits per heavy atom. The lowest BCUT2D eigenvalue weighted by Crippen LogP contribution is -2.49. The van der Waals surface area contributed by atoms with Gasteiger partial charge in [0.05, 0.1) is 0 Å². The van der Waals surface area contributed by atoms with Crippen LogP contribution in [0.3, 0.4) is 0 Å². The number of hydrogen-bond acceptors (Lipinski definition) is 3. The molecule has 2 rings (SSSR count). The number of carbonyl (C=O) groups is 1. The first-order valence-corrected chi connectivity index (χ1v) is 8.64. The lowest BCUT2D eigenvalue weighted by atomic mass is 10.0. The Bertz CT molecular complexity index is 303. The van der Waals surface area contributed by atoms with Crippen LogP contribution in [0.15, 0.2) is 0 Å². The van der Waals surface area contributed by atoms with E-state index in [1.807, 2.05) is 30.8 Å². The highest BCUT2D eigenvalue weighted by Gasteiger charge is 2.28. The number of thioether (sulfide) groups is 1. The molecule has 2 unspecified atom stereocenters. The summed E-state index contributed by atoms with van der Waals surface area (Å²) in [5, 5.41) is 4.66. The molecule has 0 aromatic heterocycles. The summed E-state index contributed by atoms with van der Waals surface area (Å²) in [6.07, 6.45) is 8.41. The standard InChI is InChI=1S/C14H27N3OS/c1-16(2)14(18)17-8-6-11(7-9-17)15-12-4-5-13(10-12)19-3/h11-13,15H,4-10H2,1-3H3. The van der Waals surface area contributed by atoms with Crippen LogP contribution in [0.5, 0.6) is 0 Å². The van der Waals surface area contributed by atoms with E-state index in [4.69, 9.17) is 0 Å². The second kappa shape index (κ2) is 6.84. The minimum Gasteiger partial charge on any atom is -0.331 e. The van der Waals surface area contributed by atoms with E-state index in [-0.39, 0.29) is 6.03 Å². The van der Waals surface area contributed by atoms with Crippen molar-refractivity contribution in [1.29, 1.82) is 0 Å². The summed E-state index contributed by atoms with van der Waals surface area (Å²) in [5.74, 6) is 0. The van der Waals surface area contributed by atoms with Gasteiger partial charge in [0, 0.05) is 44.5 Å². The zero-order valence-electron chi connectivity index (χ0n) is 12.4. The maximum Gasteiger partial charge on any atom is 0.319 e. The van der Waals surface area contributed by atoms with E-state index in [1.165, 1.54) is 19.3 Å². The quantitative estimate of drug-likeness (QED) is 0.861. The maximum absolute atomic E-state index is 11.9. The van der Waals surface area contributed by atoms with Crippen molar-refractivity contribution in [1.82, 2.24) is 15.1 Å². The van der Waals surface area contributed by atoms with E-state index in [1.54, 1.807) is 4.90 Å². The van der Waals surface area contributed by atoms with Gasteiger partial charge < -0.3 is 15.1 Å². The molecule has 0 aromatic carbocycles. The van der Waals surface area contributed by atoms with Gasteiger partial charge in [0.25, 0.3) is 0 Å². The van der Waals surface area contributed by atoms with Crippen molar-refractivity contribution in [3.8, 4) is 0 Å². The Morgan fingerprint density at radius 2 is 1.84 bits per heavy atom. The number of piperidine rings is 1. The number of nitrogens with zero attached hydrogens (tertiary/aromatic N) is 2. The lowest BCUT2D eigenvalue weighted by Gasteiger charge is -2.35. The minimum absolute atomic E-state index is 0.154. The lowest BCUT2D eigenvalue weighted by molar-refractivity contribution is 0.150. The Hall–Kier alpha value is -0.420. The van der Waals surface area contributed by atoms with Gasteiger partial charge in [-0.15, -0.1) is 0 Å². The molecule has 0 radical (unpaired) electrons. The molecule has 1 aliphatic carbocycles. The van der Waals surface area contributed by atoms with Gasteiger partial charge in [0.2, 0.25) is 0 Å². The monoisotopic (exact) mass is 285 g/mol. The summed E-state index contributed by atoms with van der Waals surface area (Å²) >= 11 is 2.01. The second-order valence-electron chi connectivity index (χ2n) is 5.97. The van der Waals surface area contributed by atoms with Crippen LogP contribution >= 0.6 is 11.8 Å². The van der Waals surface area contributed by atoms with E-state index in [2.05, 4.69) is 11.6 Å². The maximum atomic E-state index is 11.9. The van der Waals surface area contributed by atoms with Crippen molar-refractivity contribution in [2.45, 2.75) is 49.4 Å². The summed E-state index contributed by atoms with van der Waals surface area (Å²) in [6, 6.07) is 1.47. The molecule has 1 N–H and O–H groups in total. The fourth-order valence-electron chi connectivity index (χ4n) is 3.16. The first-order chi connectivity index (χ1) is 9.10. The van der Waals surface area contributed by atoms with Crippen molar-refractivity contribution >= 4 is 17.8 Å². The Kier molecular flexibility index (Phi) is 5.39. The molecule has 2 atom stereocenters. The molecular weight excluding hydrogens is 258 g/mol. The SMILES string of the molecule is CSC1CCC(NC2CCN(C(=O)N(C)C)CC2)C1. The fourth-order valence-corrected chi connectivity index (χ4v) is 3.96. The molecule has 0 spiro atoms. The highest BCUT2D eigenvalue weighted by molar-refractivity contribution is 7.99. The van der Waals surface area contributed by atoms with Crippen LogP contribution in [0.2, 0.25) is 0 Å². The van der Waals surface area contributed by atoms with Crippen LogP contribution in [-0.2, 0) is 0 Å². The fraction of sp³-hybridized carbons (Fsp3) is 0.929. The van der Waals surface area contributed by atoms with Crippen molar-refractivity contribution in [2.24, 2.45) is 0 Å². The van der Waals surface area contributed by atoms with E-state index in [0.29, 0.717) is 12.1 Å². The molecule has 2 aliphatic rings.